The van der Waals surface area contributed by atoms with Crippen molar-refractivity contribution in [2.24, 2.45) is 0 Å². The number of hydrogen-bond acceptors (Lipinski definition) is 4. The van der Waals surface area contributed by atoms with Crippen LogP contribution in [0.15, 0.2) is 67.0 Å². The van der Waals surface area contributed by atoms with Gasteiger partial charge in [0.05, 0.1) is 22.3 Å². The van der Waals surface area contributed by atoms with Gasteiger partial charge in [-0.2, -0.15) is 13.2 Å². The number of amides is 1. The van der Waals surface area contributed by atoms with Crippen LogP contribution in [0, 0.1) is 5.82 Å². The van der Waals surface area contributed by atoms with Crippen LogP contribution in [-0.4, -0.2) is 15.9 Å². The highest BCUT2D eigenvalue weighted by molar-refractivity contribution is 7.22. The molecule has 2 aromatic heterocycles. The highest BCUT2D eigenvalue weighted by Crippen LogP contribution is 2.32. The summed E-state index contributed by atoms with van der Waals surface area (Å²) in [6, 6.07) is 11.6. The number of thiazole rings is 1. The van der Waals surface area contributed by atoms with Gasteiger partial charge in [-0.3, -0.25) is 14.7 Å². The minimum absolute atomic E-state index is 0.0809. The Hall–Kier alpha value is -3.33. The molecule has 4 rings (SSSR count). The quantitative estimate of drug-likeness (QED) is 0.390. The van der Waals surface area contributed by atoms with Crippen molar-refractivity contribution in [1.82, 2.24) is 9.97 Å². The second-order valence-electron chi connectivity index (χ2n) is 6.44. The lowest BCUT2D eigenvalue weighted by Crippen LogP contribution is -2.30. The van der Waals surface area contributed by atoms with E-state index < -0.39 is 23.5 Å². The van der Waals surface area contributed by atoms with Gasteiger partial charge in [-0.15, -0.1) is 0 Å². The van der Waals surface area contributed by atoms with Crippen molar-refractivity contribution in [2.45, 2.75) is 12.7 Å². The second-order valence-corrected chi connectivity index (χ2v) is 7.45. The van der Waals surface area contributed by atoms with Crippen molar-refractivity contribution in [3.05, 3.63) is 89.5 Å². The number of alkyl halides is 3. The van der Waals surface area contributed by atoms with E-state index in [0.29, 0.717) is 20.9 Å². The number of carbonyl (C=O) groups excluding carboxylic acids is 1. The van der Waals surface area contributed by atoms with Gasteiger partial charge in [0.1, 0.15) is 5.82 Å². The van der Waals surface area contributed by atoms with E-state index in [0.717, 1.165) is 35.6 Å². The average molecular weight is 431 g/mol. The van der Waals surface area contributed by atoms with Gasteiger partial charge in [-0.25, -0.2) is 9.37 Å². The van der Waals surface area contributed by atoms with Crippen molar-refractivity contribution >= 4 is 32.6 Å². The molecule has 2 heterocycles. The summed E-state index contributed by atoms with van der Waals surface area (Å²) in [7, 11) is 0. The Morgan fingerprint density at radius 1 is 1.07 bits per heavy atom. The minimum atomic E-state index is -4.49. The highest BCUT2D eigenvalue weighted by atomic mass is 32.1. The number of halogens is 4. The first-order chi connectivity index (χ1) is 14.3. The molecule has 1 amide bonds. The van der Waals surface area contributed by atoms with Gasteiger partial charge in [0, 0.05) is 18.0 Å². The normalized spacial score (nSPS) is 11.6. The van der Waals surface area contributed by atoms with Crippen LogP contribution < -0.4 is 4.90 Å². The molecule has 0 bridgehead atoms. The number of fused-ring (bicyclic) bond motifs is 1. The van der Waals surface area contributed by atoms with Crippen LogP contribution in [0.1, 0.15) is 21.5 Å². The minimum Gasteiger partial charge on any atom is -0.279 e. The van der Waals surface area contributed by atoms with Gasteiger partial charge >= 0.3 is 6.18 Å². The third-order valence-electron chi connectivity index (χ3n) is 4.34. The average Bonchev–Trinajstić information content (AvgIpc) is 3.14. The summed E-state index contributed by atoms with van der Waals surface area (Å²) in [4.78, 5) is 23.0. The first kappa shape index (κ1) is 20.0. The summed E-state index contributed by atoms with van der Waals surface area (Å²) in [6.45, 7) is 0.107. The molecule has 4 aromatic rings. The first-order valence-corrected chi connectivity index (χ1v) is 9.57. The zero-order valence-electron chi connectivity index (χ0n) is 15.2. The maximum Gasteiger partial charge on any atom is 0.416 e. The number of nitrogens with zero attached hydrogens (tertiary/aromatic N) is 3. The number of benzene rings is 2. The van der Waals surface area contributed by atoms with E-state index in [4.69, 9.17) is 0 Å². The van der Waals surface area contributed by atoms with Crippen molar-refractivity contribution in [3.63, 3.8) is 0 Å². The van der Waals surface area contributed by atoms with Crippen LogP contribution in [0.25, 0.3) is 10.2 Å². The summed E-state index contributed by atoms with van der Waals surface area (Å²) in [5.74, 6) is -0.947. The molecule has 0 atom stereocenters. The molecule has 0 N–H and O–H groups in total. The lowest BCUT2D eigenvalue weighted by atomic mass is 10.1. The molecule has 0 aliphatic heterocycles. The van der Waals surface area contributed by atoms with Gasteiger partial charge in [-0.05, 0) is 54.1 Å². The van der Waals surface area contributed by atoms with Crippen LogP contribution in [0.3, 0.4) is 0 Å². The zero-order chi connectivity index (χ0) is 21.3. The Balaban J connectivity index is 1.73. The fourth-order valence-corrected chi connectivity index (χ4v) is 3.85. The fourth-order valence-electron chi connectivity index (χ4n) is 2.86. The monoisotopic (exact) mass is 431 g/mol. The number of rotatable bonds is 4. The van der Waals surface area contributed by atoms with Crippen molar-refractivity contribution < 1.29 is 22.4 Å². The summed E-state index contributed by atoms with van der Waals surface area (Å²) in [5, 5.41) is 0.310. The predicted octanol–water partition coefficient (Wildman–Crippen LogP) is 5.70. The van der Waals surface area contributed by atoms with Crippen LogP contribution in [0.5, 0.6) is 0 Å². The molecular formula is C21H13F4N3OS. The van der Waals surface area contributed by atoms with E-state index in [9.17, 15) is 22.4 Å². The molecule has 9 heteroatoms. The van der Waals surface area contributed by atoms with E-state index in [2.05, 4.69) is 9.97 Å². The van der Waals surface area contributed by atoms with Crippen LogP contribution in [0.4, 0.5) is 22.7 Å². The molecule has 0 fully saturated rings. The maximum atomic E-state index is 13.5. The molecule has 0 aliphatic carbocycles. The molecule has 0 saturated carbocycles. The molecular weight excluding hydrogens is 418 g/mol. The molecule has 0 aliphatic rings. The second kappa shape index (κ2) is 7.83. The van der Waals surface area contributed by atoms with Crippen LogP contribution in [-0.2, 0) is 12.7 Å². The summed E-state index contributed by atoms with van der Waals surface area (Å²) in [5.41, 5.74) is 0.474. The molecule has 152 valence electrons. The predicted molar refractivity (Wildman–Crippen MR) is 106 cm³/mol. The Kier molecular flexibility index (Phi) is 5.21. The van der Waals surface area contributed by atoms with E-state index in [1.54, 1.807) is 24.5 Å². The van der Waals surface area contributed by atoms with Gasteiger partial charge in [0.15, 0.2) is 5.13 Å². The number of carbonyl (C=O) groups is 1. The molecule has 0 radical (unpaired) electrons. The molecule has 30 heavy (non-hydrogen) atoms. The van der Waals surface area contributed by atoms with Crippen molar-refractivity contribution in [2.75, 3.05) is 4.90 Å². The standard InChI is InChI=1S/C21H13F4N3OS/c22-16-7-8-17-18(10-16)30-20(27-17)28(12-13-2-1-9-26-11-13)19(29)14-3-5-15(6-4-14)21(23,24)25/h1-11H,12H2. The topological polar surface area (TPSA) is 46.1 Å². The highest BCUT2D eigenvalue weighted by Gasteiger charge is 2.31. The smallest absolute Gasteiger partial charge is 0.279 e. The number of pyridine rings is 1. The molecule has 0 spiro atoms. The number of aromatic nitrogens is 2. The van der Waals surface area contributed by atoms with Crippen molar-refractivity contribution in [1.29, 1.82) is 0 Å². The Labute approximate surface area is 172 Å². The number of hydrogen-bond donors (Lipinski definition) is 0. The Bertz CT molecular complexity index is 1190. The Morgan fingerprint density at radius 2 is 1.83 bits per heavy atom. The molecule has 4 nitrogen and oxygen atoms in total. The van der Waals surface area contributed by atoms with Crippen molar-refractivity contribution in [3.8, 4) is 0 Å². The maximum absolute atomic E-state index is 13.5. The lowest BCUT2D eigenvalue weighted by Gasteiger charge is -2.20. The summed E-state index contributed by atoms with van der Waals surface area (Å²) >= 11 is 1.12. The largest absolute Gasteiger partial charge is 0.416 e. The molecule has 0 unspecified atom stereocenters. The summed E-state index contributed by atoms with van der Waals surface area (Å²) < 4.78 is 52.6. The van der Waals surface area contributed by atoms with E-state index >= 15 is 0 Å². The van der Waals surface area contributed by atoms with E-state index in [1.807, 2.05) is 0 Å². The molecule has 2 aromatic carbocycles. The Morgan fingerprint density at radius 3 is 2.50 bits per heavy atom. The SMILES string of the molecule is O=C(c1ccc(C(F)(F)F)cc1)N(Cc1cccnc1)c1nc2ccc(F)cc2s1. The van der Waals surface area contributed by atoms with Gasteiger partial charge < -0.3 is 0 Å². The van der Waals surface area contributed by atoms with E-state index in [-0.39, 0.29) is 12.1 Å². The zero-order valence-corrected chi connectivity index (χ0v) is 16.0. The number of anilines is 1. The third kappa shape index (κ3) is 4.16. The molecule has 0 saturated heterocycles. The summed E-state index contributed by atoms with van der Waals surface area (Å²) in [6.07, 6.45) is -1.32. The van der Waals surface area contributed by atoms with Gasteiger partial charge in [0.2, 0.25) is 0 Å². The van der Waals surface area contributed by atoms with Crippen LogP contribution in [0.2, 0.25) is 0 Å². The third-order valence-corrected chi connectivity index (χ3v) is 5.38. The fraction of sp³-hybridized carbons (Fsp3) is 0.0952. The van der Waals surface area contributed by atoms with Gasteiger partial charge in [0.25, 0.3) is 5.91 Å². The van der Waals surface area contributed by atoms with E-state index in [1.165, 1.54) is 23.1 Å². The lowest BCUT2D eigenvalue weighted by molar-refractivity contribution is -0.137. The first-order valence-electron chi connectivity index (χ1n) is 8.75. The van der Waals surface area contributed by atoms with Gasteiger partial charge in [-0.1, -0.05) is 17.4 Å². The van der Waals surface area contributed by atoms with Crippen LogP contribution >= 0.6 is 11.3 Å².